The summed E-state index contributed by atoms with van der Waals surface area (Å²) in [5.41, 5.74) is 0. The first-order valence-electron chi connectivity index (χ1n) is 7.03. The Bertz CT molecular complexity index is 443. The minimum Gasteiger partial charge on any atom is -0.340 e. The van der Waals surface area contributed by atoms with E-state index in [0.717, 1.165) is 19.5 Å². The van der Waals surface area contributed by atoms with Crippen LogP contribution in [0.5, 0.6) is 0 Å². The normalized spacial score (nSPS) is 24.9. The van der Waals surface area contributed by atoms with Crippen molar-refractivity contribution >= 4 is 30.1 Å². The molecule has 3 rings (SSSR count). The molecule has 2 fully saturated rings. The predicted octanol–water partition coefficient (Wildman–Crippen LogP) is 2.55. The zero-order valence-electron chi connectivity index (χ0n) is 11.5. The van der Waals surface area contributed by atoms with Gasteiger partial charge in [0.25, 0.3) is 0 Å². The molecular weight excluding hydrogens is 292 g/mol. The van der Waals surface area contributed by atoms with Crippen LogP contribution in [0.3, 0.4) is 0 Å². The molecule has 0 radical (unpaired) electrons. The number of rotatable bonds is 3. The number of fused-ring (bicyclic) bond motifs is 2. The zero-order valence-corrected chi connectivity index (χ0v) is 13.1. The summed E-state index contributed by atoms with van der Waals surface area (Å²) >= 11 is 1.64. The Morgan fingerprint density at radius 2 is 1.95 bits per heavy atom. The van der Waals surface area contributed by atoms with E-state index in [1.54, 1.807) is 11.8 Å². The number of halogens is 1. The maximum Gasteiger partial charge on any atom is 0.232 e. The fourth-order valence-electron chi connectivity index (χ4n) is 2.92. The Kier molecular flexibility index (Phi) is 5.75. The highest BCUT2D eigenvalue weighted by Crippen LogP contribution is 2.22. The van der Waals surface area contributed by atoms with Crippen molar-refractivity contribution in [3.8, 4) is 0 Å². The van der Waals surface area contributed by atoms with Crippen LogP contribution in [0.4, 0.5) is 0 Å². The van der Waals surface area contributed by atoms with Crippen LogP contribution < -0.4 is 5.32 Å². The molecule has 2 bridgehead atoms. The molecule has 0 aliphatic carbocycles. The Hall–Kier alpha value is -0.710. The van der Waals surface area contributed by atoms with E-state index in [-0.39, 0.29) is 18.3 Å². The molecule has 0 saturated carbocycles. The van der Waals surface area contributed by atoms with Gasteiger partial charge in [-0.2, -0.15) is 0 Å². The summed E-state index contributed by atoms with van der Waals surface area (Å²) in [4.78, 5) is 15.5. The van der Waals surface area contributed by atoms with Gasteiger partial charge in [0, 0.05) is 30.1 Å². The van der Waals surface area contributed by atoms with E-state index >= 15 is 0 Å². The fraction of sp³-hybridized carbons (Fsp3) is 0.533. The Morgan fingerprint density at radius 3 is 2.75 bits per heavy atom. The number of carbonyl (C=O) groups is 1. The van der Waals surface area contributed by atoms with E-state index in [1.807, 2.05) is 23.1 Å². The van der Waals surface area contributed by atoms with Crippen LogP contribution >= 0.6 is 24.2 Å². The molecule has 2 heterocycles. The molecule has 0 aromatic heterocycles. The van der Waals surface area contributed by atoms with Crippen LogP contribution in [0.1, 0.15) is 19.3 Å². The van der Waals surface area contributed by atoms with Crippen molar-refractivity contribution in [2.45, 2.75) is 36.2 Å². The maximum atomic E-state index is 12.3. The van der Waals surface area contributed by atoms with Crippen molar-refractivity contribution in [3.63, 3.8) is 0 Å². The molecule has 3 nitrogen and oxygen atoms in total. The maximum absolute atomic E-state index is 12.3. The molecule has 1 aromatic carbocycles. The third kappa shape index (κ3) is 3.90. The molecule has 1 N–H and O–H groups in total. The van der Waals surface area contributed by atoms with Crippen molar-refractivity contribution in [2.75, 3.05) is 18.8 Å². The van der Waals surface area contributed by atoms with Gasteiger partial charge >= 0.3 is 0 Å². The molecule has 2 atom stereocenters. The Balaban J connectivity index is 0.00000147. The van der Waals surface area contributed by atoms with E-state index in [2.05, 4.69) is 17.4 Å². The number of nitrogens with zero attached hydrogens (tertiary/aromatic N) is 1. The number of amides is 1. The lowest BCUT2D eigenvalue weighted by Crippen LogP contribution is -2.39. The zero-order chi connectivity index (χ0) is 13.1. The molecule has 110 valence electrons. The van der Waals surface area contributed by atoms with Gasteiger partial charge in [-0.1, -0.05) is 18.2 Å². The van der Waals surface area contributed by atoms with E-state index in [0.29, 0.717) is 17.8 Å². The quantitative estimate of drug-likeness (QED) is 0.871. The third-order valence-corrected chi connectivity index (χ3v) is 4.98. The van der Waals surface area contributed by atoms with Crippen LogP contribution in [-0.4, -0.2) is 41.7 Å². The average Bonchev–Trinajstić information content (AvgIpc) is 2.77. The molecule has 5 heteroatoms. The van der Waals surface area contributed by atoms with Gasteiger partial charge in [0.2, 0.25) is 5.91 Å². The molecular formula is C15H21ClN2OS. The van der Waals surface area contributed by atoms with E-state index in [1.165, 1.54) is 17.7 Å². The highest BCUT2D eigenvalue weighted by Gasteiger charge is 2.30. The Morgan fingerprint density at radius 1 is 1.20 bits per heavy atom. The fourth-order valence-corrected chi connectivity index (χ4v) is 3.74. The van der Waals surface area contributed by atoms with Gasteiger partial charge < -0.3 is 10.2 Å². The highest BCUT2D eigenvalue weighted by atomic mass is 35.5. The first-order chi connectivity index (χ1) is 9.31. The number of benzene rings is 1. The standard InChI is InChI=1S/C15H20N2OS.ClH/c18-15(11-19-14-4-2-1-3-5-14)17-9-8-12-6-7-13(10-17)16-12;/h1-5,12-13,16H,6-11H2;1H. The van der Waals surface area contributed by atoms with Gasteiger partial charge in [-0.3, -0.25) is 4.79 Å². The van der Waals surface area contributed by atoms with Crippen molar-refractivity contribution < 1.29 is 4.79 Å². The molecule has 1 aromatic rings. The third-order valence-electron chi connectivity index (χ3n) is 3.98. The first-order valence-corrected chi connectivity index (χ1v) is 8.01. The first kappa shape index (κ1) is 15.7. The summed E-state index contributed by atoms with van der Waals surface area (Å²) in [5.74, 6) is 0.838. The van der Waals surface area contributed by atoms with Crippen molar-refractivity contribution in [1.29, 1.82) is 0 Å². The molecule has 2 aliphatic heterocycles. The lowest BCUT2D eigenvalue weighted by Gasteiger charge is -2.24. The minimum atomic E-state index is 0. The second-order valence-corrected chi connectivity index (χ2v) is 6.42. The number of likely N-dealkylation sites (tertiary alicyclic amines) is 1. The number of hydrogen-bond acceptors (Lipinski definition) is 3. The van der Waals surface area contributed by atoms with Crippen LogP contribution in [0.2, 0.25) is 0 Å². The van der Waals surface area contributed by atoms with Gasteiger partial charge in [0.15, 0.2) is 0 Å². The molecule has 2 saturated heterocycles. The number of nitrogens with one attached hydrogen (secondary N) is 1. The van der Waals surface area contributed by atoms with Crippen molar-refractivity contribution in [2.24, 2.45) is 0 Å². The number of thioether (sulfide) groups is 1. The van der Waals surface area contributed by atoms with Crippen LogP contribution in [0.15, 0.2) is 35.2 Å². The van der Waals surface area contributed by atoms with Crippen molar-refractivity contribution in [3.05, 3.63) is 30.3 Å². The van der Waals surface area contributed by atoms with Crippen LogP contribution in [-0.2, 0) is 4.79 Å². The van der Waals surface area contributed by atoms with Gasteiger partial charge in [-0.25, -0.2) is 0 Å². The summed E-state index contributed by atoms with van der Waals surface area (Å²) < 4.78 is 0. The highest BCUT2D eigenvalue weighted by molar-refractivity contribution is 8.00. The second-order valence-electron chi connectivity index (χ2n) is 5.37. The lowest BCUT2D eigenvalue weighted by atomic mass is 10.1. The summed E-state index contributed by atoms with van der Waals surface area (Å²) in [7, 11) is 0. The molecule has 2 aliphatic rings. The predicted molar refractivity (Wildman–Crippen MR) is 85.6 cm³/mol. The summed E-state index contributed by atoms with van der Waals surface area (Å²) in [6.07, 6.45) is 3.62. The minimum absolute atomic E-state index is 0. The van der Waals surface area contributed by atoms with Crippen LogP contribution in [0, 0.1) is 0 Å². The largest absolute Gasteiger partial charge is 0.340 e. The van der Waals surface area contributed by atoms with Crippen molar-refractivity contribution in [1.82, 2.24) is 10.2 Å². The molecule has 20 heavy (non-hydrogen) atoms. The van der Waals surface area contributed by atoms with E-state index in [9.17, 15) is 4.79 Å². The van der Waals surface area contributed by atoms with Gasteiger partial charge in [-0.05, 0) is 31.4 Å². The summed E-state index contributed by atoms with van der Waals surface area (Å²) in [5, 5.41) is 3.61. The molecule has 2 unspecified atom stereocenters. The topological polar surface area (TPSA) is 32.3 Å². The lowest BCUT2D eigenvalue weighted by molar-refractivity contribution is -0.128. The van der Waals surface area contributed by atoms with E-state index < -0.39 is 0 Å². The SMILES string of the molecule is Cl.O=C(CSc1ccccc1)N1CCC2CCC(C1)N2. The smallest absolute Gasteiger partial charge is 0.232 e. The molecule has 1 amide bonds. The monoisotopic (exact) mass is 312 g/mol. The van der Waals surface area contributed by atoms with Crippen LogP contribution in [0.25, 0.3) is 0 Å². The van der Waals surface area contributed by atoms with E-state index in [4.69, 9.17) is 0 Å². The molecule has 0 spiro atoms. The number of carbonyl (C=O) groups excluding carboxylic acids is 1. The number of hydrogen-bond donors (Lipinski definition) is 1. The van der Waals surface area contributed by atoms with Gasteiger partial charge in [0.05, 0.1) is 5.75 Å². The second kappa shape index (κ2) is 7.34. The average molecular weight is 313 g/mol. The Labute approximate surface area is 130 Å². The summed E-state index contributed by atoms with van der Waals surface area (Å²) in [6.45, 7) is 1.81. The van der Waals surface area contributed by atoms with Gasteiger partial charge in [-0.15, -0.1) is 24.2 Å². The summed E-state index contributed by atoms with van der Waals surface area (Å²) in [6, 6.07) is 11.3. The van der Waals surface area contributed by atoms with Gasteiger partial charge in [0.1, 0.15) is 0 Å².